The maximum atomic E-state index is 13.0. The van der Waals surface area contributed by atoms with Crippen LogP contribution in [0.1, 0.15) is 29.4 Å². The number of nitrogens with one attached hydrogen (secondary N) is 1. The third-order valence-corrected chi connectivity index (χ3v) is 7.83. The van der Waals surface area contributed by atoms with Crippen molar-refractivity contribution >= 4 is 40.7 Å². The zero-order valence-electron chi connectivity index (χ0n) is 16.4. The van der Waals surface area contributed by atoms with Crippen molar-refractivity contribution in [2.24, 2.45) is 0 Å². The van der Waals surface area contributed by atoms with Crippen LogP contribution in [0.4, 0.5) is 10.5 Å². The standard InChI is InChI=1S/C21H25N3O3S2/c1-2-27-17-7-4-3-6-16(17)22-20(26)23-11-9-21(10-12-23)24(13-15-29-21)19(25)18-8-5-14-28-18/h3-8,14H,2,9-13,15H2,1H3,(H,22,26). The van der Waals surface area contributed by atoms with Crippen LogP contribution in [0.25, 0.3) is 0 Å². The molecule has 6 nitrogen and oxygen atoms in total. The van der Waals surface area contributed by atoms with Gasteiger partial charge >= 0.3 is 6.03 Å². The lowest BCUT2D eigenvalue weighted by molar-refractivity contribution is 0.0590. The van der Waals surface area contributed by atoms with Crippen molar-refractivity contribution in [3.63, 3.8) is 0 Å². The molecule has 1 spiro atoms. The van der Waals surface area contributed by atoms with Gasteiger partial charge in [0.15, 0.2) is 0 Å². The topological polar surface area (TPSA) is 61.9 Å². The van der Waals surface area contributed by atoms with Crippen LogP contribution in [0.3, 0.4) is 0 Å². The van der Waals surface area contributed by atoms with E-state index < -0.39 is 0 Å². The summed E-state index contributed by atoms with van der Waals surface area (Å²) in [5.74, 6) is 1.75. The molecule has 0 atom stereocenters. The number of anilines is 1. The Morgan fingerprint density at radius 2 is 1.93 bits per heavy atom. The fraction of sp³-hybridized carbons (Fsp3) is 0.429. The smallest absolute Gasteiger partial charge is 0.321 e. The van der Waals surface area contributed by atoms with E-state index in [1.54, 1.807) is 0 Å². The van der Waals surface area contributed by atoms with E-state index in [0.29, 0.717) is 31.1 Å². The van der Waals surface area contributed by atoms with Crippen molar-refractivity contribution in [1.29, 1.82) is 0 Å². The van der Waals surface area contributed by atoms with E-state index >= 15 is 0 Å². The highest BCUT2D eigenvalue weighted by molar-refractivity contribution is 8.00. The van der Waals surface area contributed by atoms with Gasteiger partial charge in [-0.2, -0.15) is 0 Å². The number of urea groups is 1. The molecule has 0 bridgehead atoms. The molecule has 2 aliphatic rings. The van der Waals surface area contributed by atoms with Gasteiger partial charge in [0.1, 0.15) is 5.75 Å². The summed E-state index contributed by atoms with van der Waals surface area (Å²) < 4.78 is 5.60. The van der Waals surface area contributed by atoms with Gasteiger partial charge in [-0.15, -0.1) is 23.1 Å². The van der Waals surface area contributed by atoms with Crippen LogP contribution in [0.15, 0.2) is 41.8 Å². The molecule has 4 rings (SSSR count). The highest BCUT2D eigenvalue weighted by atomic mass is 32.2. The molecule has 2 fully saturated rings. The lowest BCUT2D eigenvalue weighted by Gasteiger charge is -2.43. The maximum Gasteiger partial charge on any atom is 0.321 e. The van der Waals surface area contributed by atoms with Crippen molar-refractivity contribution in [3.8, 4) is 5.75 Å². The minimum Gasteiger partial charge on any atom is -0.492 e. The summed E-state index contributed by atoms with van der Waals surface area (Å²) in [7, 11) is 0. The number of hydrogen-bond acceptors (Lipinski definition) is 5. The van der Waals surface area contributed by atoms with Crippen LogP contribution in [-0.2, 0) is 0 Å². The molecule has 3 heterocycles. The predicted octanol–water partition coefficient (Wildman–Crippen LogP) is 4.36. The molecule has 29 heavy (non-hydrogen) atoms. The summed E-state index contributed by atoms with van der Waals surface area (Å²) in [4.78, 5) is 30.2. The summed E-state index contributed by atoms with van der Waals surface area (Å²) in [5.41, 5.74) is 0.685. The Bertz CT molecular complexity index is 864. The number of thioether (sulfide) groups is 1. The Labute approximate surface area is 179 Å². The lowest BCUT2D eigenvalue weighted by atomic mass is 10.0. The second-order valence-corrected chi connectivity index (χ2v) is 9.48. The van der Waals surface area contributed by atoms with Crippen molar-refractivity contribution in [2.45, 2.75) is 24.6 Å². The number of amides is 3. The fourth-order valence-corrected chi connectivity index (χ4v) is 6.07. The minimum absolute atomic E-state index is 0.119. The molecule has 2 aromatic rings. The number of piperidine rings is 1. The number of ether oxygens (including phenoxy) is 1. The largest absolute Gasteiger partial charge is 0.492 e. The summed E-state index contributed by atoms with van der Waals surface area (Å²) in [6.45, 7) is 4.50. The van der Waals surface area contributed by atoms with E-state index in [1.807, 2.05) is 70.3 Å². The minimum atomic E-state index is -0.193. The van der Waals surface area contributed by atoms with E-state index in [0.717, 1.165) is 30.0 Å². The number of thiophene rings is 1. The maximum absolute atomic E-state index is 13.0. The Kier molecular flexibility index (Phi) is 6.01. The van der Waals surface area contributed by atoms with Gasteiger partial charge in [-0.05, 0) is 43.3 Å². The summed E-state index contributed by atoms with van der Waals surface area (Å²) >= 11 is 3.35. The quantitative estimate of drug-likeness (QED) is 0.781. The van der Waals surface area contributed by atoms with Crippen molar-refractivity contribution in [3.05, 3.63) is 46.7 Å². The molecular formula is C21H25N3O3S2. The van der Waals surface area contributed by atoms with Gasteiger partial charge in [-0.25, -0.2) is 4.79 Å². The molecule has 1 aromatic heterocycles. The number of hydrogen-bond donors (Lipinski definition) is 1. The monoisotopic (exact) mass is 431 g/mol. The van der Waals surface area contributed by atoms with Crippen molar-refractivity contribution < 1.29 is 14.3 Å². The molecule has 1 N–H and O–H groups in total. The molecule has 0 aliphatic carbocycles. The van der Waals surface area contributed by atoms with E-state index in [-0.39, 0.29) is 16.8 Å². The molecule has 0 radical (unpaired) electrons. The summed E-state index contributed by atoms with van der Waals surface area (Å²) in [5, 5.41) is 4.92. The Hall–Kier alpha value is -2.19. The molecule has 0 saturated carbocycles. The number of para-hydroxylation sites is 2. The Balaban J connectivity index is 1.40. The molecule has 0 unspecified atom stereocenters. The zero-order valence-corrected chi connectivity index (χ0v) is 18.1. The fourth-order valence-electron chi connectivity index (χ4n) is 3.95. The second-order valence-electron chi connectivity index (χ2n) is 7.08. The molecule has 3 amide bonds. The normalized spacial score (nSPS) is 18.1. The van der Waals surface area contributed by atoms with Crippen LogP contribution in [0, 0.1) is 0 Å². The molecule has 2 saturated heterocycles. The Morgan fingerprint density at radius 1 is 1.14 bits per heavy atom. The first-order valence-corrected chi connectivity index (χ1v) is 11.8. The lowest BCUT2D eigenvalue weighted by Crippen LogP contribution is -2.54. The van der Waals surface area contributed by atoms with E-state index in [9.17, 15) is 9.59 Å². The number of rotatable bonds is 4. The van der Waals surface area contributed by atoms with Crippen LogP contribution < -0.4 is 10.1 Å². The third kappa shape index (κ3) is 4.09. The third-order valence-electron chi connectivity index (χ3n) is 5.42. The van der Waals surface area contributed by atoms with Gasteiger partial charge in [-0.1, -0.05) is 18.2 Å². The van der Waals surface area contributed by atoms with Gasteiger partial charge in [0.2, 0.25) is 0 Å². The number of likely N-dealkylation sites (tertiary alicyclic amines) is 1. The average Bonchev–Trinajstić information content (AvgIpc) is 3.40. The van der Waals surface area contributed by atoms with Crippen LogP contribution >= 0.6 is 23.1 Å². The number of carbonyl (C=O) groups excluding carboxylic acids is 2. The van der Waals surface area contributed by atoms with Crippen LogP contribution in [0.2, 0.25) is 0 Å². The van der Waals surface area contributed by atoms with Crippen molar-refractivity contribution in [2.75, 3.05) is 37.3 Å². The van der Waals surface area contributed by atoms with Gasteiger partial charge in [0, 0.05) is 25.4 Å². The molecule has 8 heteroatoms. The van der Waals surface area contributed by atoms with Gasteiger partial charge in [0.25, 0.3) is 5.91 Å². The van der Waals surface area contributed by atoms with Gasteiger partial charge < -0.3 is 19.9 Å². The van der Waals surface area contributed by atoms with Crippen LogP contribution in [0.5, 0.6) is 5.75 Å². The number of benzene rings is 1. The first-order chi connectivity index (χ1) is 14.1. The first-order valence-electron chi connectivity index (χ1n) is 9.90. The van der Waals surface area contributed by atoms with Gasteiger partial charge in [-0.3, -0.25) is 4.79 Å². The predicted molar refractivity (Wildman–Crippen MR) is 118 cm³/mol. The number of carbonyl (C=O) groups is 2. The molecule has 154 valence electrons. The van der Waals surface area contributed by atoms with E-state index in [4.69, 9.17) is 4.74 Å². The van der Waals surface area contributed by atoms with Crippen LogP contribution in [-0.4, -0.2) is 58.6 Å². The highest BCUT2D eigenvalue weighted by Gasteiger charge is 2.47. The van der Waals surface area contributed by atoms with E-state index in [2.05, 4.69) is 5.32 Å². The first kappa shape index (κ1) is 20.1. The summed E-state index contributed by atoms with van der Waals surface area (Å²) in [6, 6.07) is 11.2. The van der Waals surface area contributed by atoms with Gasteiger partial charge in [0.05, 0.1) is 22.0 Å². The zero-order chi connectivity index (χ0) is 20.3. The highest BCUT2D eigenvalue weighted by Crippen LogP contribution is 2.44. The van der Waals surface area contributed by atoms with E-state index in [1.165, 1.54) is 11.3 Å². The second kappa shape index (κ2) is 8.67. The Morgan fingerprint density at radius 3 is 2.66 bits per heavy atom. The molecular weight excluding hydrogens is 406 g/mol. The average molecular weight is 432 g/mol. The SMILES string of the molecule is CCOc1ccccc1NC(=O)N1CCC2(CC1)SCCN2C(=O)c1cccs1. The summed E-state index contributed by atoms with van der Waals surface area (Å²) in [6.07, 6.45) is 1.57. The molecule has 2 aliphatic heterocycles. The van der Waals surface area contributed by atoms with Crippen molar-refractivity contribution in [1.82, 2.24) is 9.80 Å². The number of nitrogens with zero attached hydrogens (tertiary/aromatic N) is 2. The molecule has 1 aromatic carbocycles.